The summed E-state index contributed by atoms with van der Waals surface area (Å²) in [5, 5.41) is 8.07. The predicted octanol–water partition coefficient (Wildman–Crippen LogP) is 3.46. The lowest BCUT2D eigenvalue weighted by atomic mass is 10.1. The third-order valence-corrected chi connectivity index (χ3v) is 5.62. The number of hydrogen-bond acceptors (Lipinski definition) is 4. The van der Waals surface area contributed by atoms with E-state index in [4.69, 9.17) is 11.6 Å². The zero-order chi connectivity index (χ0) is 23.0. The van der Waals surface area contributed by atoms with Crippen molar-refractivity contribution in [2.24, 2.45) is 5.92 Å². The first-order valence-electron chi connectivity index (χ1n) is 10.4. The van der Waals surface area contributed by atoms with Gasteiger partial charge in [-0.15, -0.1) is 5.10 Å². The molecule has 8 nitrogen and oxygen atoms in total. The predicted molar refractivity (Wildman–Crippen MR) is 125 cm³/mol. The molecule has 0 radical (unpaired) electrons. The van der Waals surface area contributed by atoms with Gasteiger partial charge in [0.25, 0.3) is 5.56 Å². The molecule has 0 unspecified atom stereocenters. The van der Waals surface area contributed by atoms with Crippen molar-refractivity contribution in [1.82, 2.24) is 18.7 Å². The van der Waals surface area contributed by atoms with Gasteiger partial charge in [-0.05, 0) is 49.1 Å². The van der Waals surface area contributed by atoms with E-state index in [1.807, 2.05) is 6.92 Å². The van der Waals surface area contributed by atoms with Crippen LogP contribution < -0.4 is 16.6 Å². The topological polar surface area (TPSA) is 90.4 Å². The fourth-order valence-electron chi connectivity index (χ4n) is 3.61. The van der Waals surface area contributed by atoms with Crippen LogP contribution >= 0.6 is 11.6 Å². The number of nitrogens with one attached hydrogen (secondary N) is 1. The highest BCUT2D eigenvalue weighted by molar-refractivity contribution is 6.31. The van der Waals surface area contributed by atoms with E-state index in [-0.39, 0.29) is 17.9 Å². The lowest BCUT2D eigenvalue weighted by molar-refractivity contribution is -0.117. The summed E-state index contributed by atoms with van der Waals surface area (Å²) in [6.07, 6.45) is 0.753. The van der Waals surface area contributed by atoms with E-state index in [1.54, 1.807) is 42.5 Å². The zero-order valence-electron chi connectivity index (χ0n) is 18.1. The molecule has 2 aromatic carbocycles. The molecule has 1 N–H and O–H groups in total. The Bertz CT molecular complexity index is 1450. The monoisotopic (exact) mass is 453 g/mol. The molecule has 2 aromatic heterocycles. The molecule has 2 heterocycles. The van der Waals surface area contributed by atoms with Crippen molar-refractivity contribution in [1.29, 1.82) is 0 Å². The average Bonchev–Trinajstić information content (AvgIpc) is 3.06. The second-order valence-electron chi connectivity index (χ2n) is 8.24. The molecule has 0 fully saturated rings. The van der Waals surface area contributed by atoms with Crippen molar-refractivity contribution in [3.63, 3.8) is 0 Å². The van der Waals surface area contributed by atoms with Crippen LogP contribution in [0.15, 0.2) is 52.1 Å². The minimum absolute atomic E-state index is 0.204. The minimum atomic E-state index is -0.479. The quantitative estimate of drug-likeness (QED) is 0.484. The highest BCUT2D eigenvalue weighted by Gasteiger charge is 2.19. The van der Waals surface area contributed by atoms with E-state index in [1.165, 1.54) is 8.97 Å². The molecule has 0 aliphatic heterocycles. The Hall–Kier alpha value is -3.39. The van der Waals surface area contributed by atoms with E-state index in [9.17, 15) is 14.4 Å². The maximum atomic E-state index is 13.2. The number of halogens is 1. The number of aryl methyl sites for hydroxylation is 2. The molecule has 32 heavy (non-hydrogen) atoms. The van der Waals surface area contributed by atoms with Crippen LogP contribution in [0.2, 0.25) is 5.02 Å². The number of carbonyl (C=O) groups is 1. The van der Waals surface area contributed by atoms with Crippen molar-refractivity contribution in [3.8, 4) is 0 Å². The number of nitrogens with zero attached hydrogens (tertiary/aromatic N) is 4. The van der Waals surface area contributed by atoms with Gasteiger partial charge in [0, 0.05) is 17.3 Å². The molecule has 0 aliphatic rings. The summed E-state index contributed by atoms with van der Waals surface area (Å²) in [5.74, 6) is 0.182. The Labute approximate surface area is 189 Å². The number of anilines is 1. The molecule has 1 amide bonds. The molecule has 9 heteroatoms. The maximum absolute atomic E-state index is 13.2. The lowest BCUT2D eigenvalue weighted by Gasteiger charge is -2.10. The SMILES string of the molecule is Cc1ccc(Cl)cc1NC(=O)Cn1nc2n(CCC(C)C)c(=O)c3ccccc3n2c1=O. The fourth-order valence-corrected chi connectivity index (χ4v) is 3.79. The number of hydrogen-bond donors (Lipinski definition) is 1. The fraction of sp³-hybridized carbons (Fsp3) is 0.304. The second kappa shape index (κ2) is 8.63. The largest absolute Gasteiger partial charge is 0.352 e. The number of benzene rings is 2. The third kappa shape index (κ3) is 4.05. The van der Waals surface area contributed by atoms with Crippen LogP contribution in [0.5, 0.6) is 0 Å². The van der Waals surface area contributed by atoms with Crippen molar-refractivity contribution in [2.75, 3.05) is 5.32 Å². The number of fused-ring (bicyclic) bond motifs is 3. The summed E-state index contributed by atoms with van der Waals surface area (Å²) in [7, 11) is 0. The Morgan fingerprint density at radius 2 is 1.91 bits per heavy atom. The summed E-state index contributed by atoms with van der Waals surface area (Å²) < 4.78 is 4.00. The van der Waals surface area contributed by atoms with Gasteiger partial charge in [0.2, 0.25) is 11.7 Å². The first-order chi connectivity index (χ1) is 15.3. The van der Waals surface area contributed by atoms with Gasteiger partial charge < -0.3 is 5.32 Å². The standard InChI is InChI=1S/C23H24ClN5O3/c1-14(2)10-11-27-21(31)17-6-4-5-7-19(17)29-22(27)26-28(23(29)32)13-20(30)25-18-12-16(24)9-8-15(18)3/h4-9,12,14H,10-11,13H2,1-3H3,(H,25,30). The number of aromatic nitrogens is 4. The third-order valence-electron chi connectivity index (χ3n) is 5.38. The molecular formula is C23H24ClN5O3. The van der Waals surface area contributed by atoms with Crippen LogP contribution in [-0.2, 0) is 17.9 Å². The maximum Gasteiger partial charge on any atom is 0.352 e. The first-order valence-corrected chi connectivity index (χ1v) is 10.8. The summed E-state index contributed by atoms with van der Waals surface area (Å²) in [6.45, 7) is 6.11. The van der Waals surface area contributed by atoms with Crippen molar-refractivity contribution >= 4 is 39.9 Å². The molecule has 0 atom stereocenters. The van der Waals surface area contributed by atoms with E-state index in [0.29, 0.717) is 34.1 Å². The van der Waals surface area contributed by atoms with Crippen LogP contribution in [0.4, 0.5) is 5.69 Å². The van der Waals surface area contributed by atoms with Gasteiger partial charge in [-0.25, -0.2) is 13.9 Å². The number of rotatable bonds is 6. The smallest absolute Gasteiger partial charge is 0.324 e. The average molecular weight is 454 g/mol. The molecule has 0 spiro atoms. The molecule has 4 aromatic rings. The summed E-state index contributed by atoms with van der Waals surface area (Å²) >= 11 is 6.02. The van der Waals surface area contributed by atoms with Crippen molar-refractivity contribution in [3.05, 3.63) is 73.9 Å². The summed E-state index contributed by atoms with van der Waals surface area (Å²) in [6, 6.07) is 12.1. The Morgan fingerprint density at radius 1 is 1.16 bits per heavy atom. The van der Waals surface area contributed by atoms with Gasteiger partial charge in [-0.3, -0.25) is 14.2 Å². The lowest BCUT2D eigenvalue weighted by Crippen LogP contribution is -2.29. The normalized spacial score (nSPS) is 11.5. The number of para-hydroxylation sites is 1. The Morgan fingerprint density at radius 3 is 2.66 bits per heavy atom. The Balaban J connectivity index is 1.79. The molecule has 0 bridgehead atoms. The molecular weight excluding hydrogens is 430 g/mol. The highest BCUT2D eigenvalue weighted by atomic mass is 35.5. The van der Waals surface area contributed by atoms with Crippen LogP contribution in [-0.4, -0.2) is 24.7 Å². The molecule has 0 saturated heterocycles. The highest BCUT2D eigenvalue weighted by Crippen LogP contribution is 2.20. The molecule has 4 rings (SSSR count). The van der Waals surface area contributed by atoms with E-state index in [2.05, 4.69) is 24.3 Å². The first kappa shape index (κ1) is 21.8. The van der Waals surface area contributed by atoms with Crippen LogP contribution in [0.1, 0.15) is 25.8 Å². The van der Waals surface area contributed by atoms with Gasteiger partial charge in [0.15, 0.2) is 0 Å². The van der Waals surface area contributed by atoms with Crippen molar-refractivity contribution < 1.29 is 4.79 Å². The van der Waals surface area contributed by atoms with Crippen LogP contribution in [0.25, 0.3) is 16.7 Å². The van der Waals surface area contributed by atoms with E-state index in [0.717, 1.165) is 16.7 Å². The van der Waals surface area contributed by atoms with E-state index >= 15 is 0 Å². The van der Waals surface area contributed by atoms with Gasteiger partial charge >= 0.3 is 5.69 Å². The molecule has 0 saturated carbocycles. The minimum Gasteiger partial charge on any atom is -0.324 e. The molecule has 0 aliphatic carbocycles. The number of amides is 1. The summed E-state index contributed by atoms with van der Waals surface area (Å²) in [4.78, 5) is 39.0. The second-order valence-corrected chi connectivity index (χ2v) is 8.68. The van der Waals surface area contributed by atoms with Crippen LogP contribution in [0.3, 0.4) is 0 Å². The number of carbonyl (C=O) groups excluding carboxylic acids is 1. The van der Waals surface area contributed by atoms with Crippen molar-refractivity contribution in [2.45, 2.75) is 40.3 Å². The van der Waals surface area contributed by atoms with Gasteiger partial charge in [0.05, 0.1) is 10.9 Å². The van der Waals surface area contributed by atoms with Gasteiger partial charge in [-0.1, -0.05) is 43.6 Å². The zero-order valence-corrected chi connectivity index (χ0v) is 18.9. The Kier molecular flexibility index (Phi) is 5.88. The summed E-state index contributed by atoms with van der Waals surface area (Å²) in [5.41, 5.74) is 1.20. The van der Waals surface area contributed by atoms with Gasteiger partial charge in [-0.2, -0.15) is 0 Å². The molecule has 166 valence electrons. The van der Waals surface area contributed by atoms with Gasteiger partial charge in [0.1, 0.15) is 6.54 Å². The van der Waals surface area contributed by atoms with E-state index < -0.39 is 11.6 Å². The van der Waals surface area contributed by atoms with Crippen LogP contribution in [0, 0.1) is 12.8 Å².